The maximum absolute atomic E-state index is 12.6. The second kappa shape index (κ2) is 37.5. The monoisotopic (exact) mass is 839 g/mol. The van der Waals surface area contributed by atoms with E-state index in [-0.39, 0.29) is 17.9 Å². The van der Waals surface area contributed by atoms with Gasteiger partial charge in [0.05, 0.1) is 19.8 Å². The van der Waals surface area contributed by atoms with Crippen LogP contribution in [0.15, 0.2) is 12.1 Å². The standard InChI is InChI=1S/C50H90N6O4/c1-5-9-13-16-19-22-25-28-31-34-38-58-44-41-43(47-53-48(51)55-49(54-47)56-50(57)52-37-12-8-4)42-45(59-39-35-32-29-26-23-20-17-14-10-6-2)46(44)60-40-36-33-30-27-24-21-18-15-11-7-3/h41-42H,5-40H2,1-4H3,(H4,51,52,53,54,55,56,57). The number of nitrogens with two attached hydrogens (primary N) is 1. The van der Waals surface area contributed by atoms with Crippen molar-refractivity contribution in [1.29, 1.82) is 0 Å². The summed E-state index contributed by atoms with van der Waals surface area (Å²) in [6.07, 6.45) is 39.8. The number of amides is 2. The van der Waals surface area contributed by atoms with Gasteiger partial charge in [-0.25, -0.2) is 4.79 Å². The lowest BCUT2D eigenvalue weighted by Gasteiger charge is -2.19. The fourth-order valence-corrected chi connectivity index (χ4v) is 7.47. The van der Waals surface area contributed by atoms with Gasteiger partial charge in [0.25, 0.3) is 0 Å². The number of aromatic nitrogens is 3. The molecule has 4 N–H and O–H groups in total. The number of unbranched alkanes of at least 4 members (excludes halogenated alkanes) is 28. The first kappa shape index (κ1) is 52.8. The Morgan fingerprint density at radius 3 is 1.25 bits per heavy atom. The third-order valence-electron chi connectivity index (χ3n) is 11.2. The lowest BCUT2D eigenvalue weighted by molar-refractivity contribution is 0.234. The number of rotatable bonds is 41. The van der Waals surface area contributed by atoms with Crippen molar-refractivity contribution in [2.75, 3.05) is 37.4 Å². The molecule has 0 fully saturated rings. The van der Waals surface area contributed by atoms with Crippen molar-refractivity contribution in [3.05, 3.63) is 12.1 Å². The molecule has 0 saturated heterocycles. The van der Waals surface area contributed by atoms with Crippen LogP contribution < -0.4 is 30.6 Å². The Morgan fingerprint density at radius 1 is 0.483 bits per heavy atom. The SMILES string of the molecule is CCCCCCCCCCCCOc1cc(-c2nc(N)nc(NC(=O)NCCCC)n2)cc(OCCCCCCCCCCCC)c1OCCCCCCCCCCCC. The van der Waals surface area contributed by atoms with Gasteiger partial charge in [-0.2, -0.15) is 15.0 Å². The maximum Gasteiger partial charge on any atom is 0.321 e. The molecule has 1 aromatic carbocycles. The fourth-order valence-electron chi connectivity index (χ4n) is 7.47. The van der Waals surface area contributed by atoms with E-state index >= 15 is 0 Å². The van der Waals surface area contributed by atoms with Gasteiger partial charge in [-0.05, 0) is 37.8 Å². The Hall–Kier alpha value is -3.30. The van der Waals surface area contributed by atoms with Crippen LogP contribution in [-0.2, 0) is 0 Å². The molecule has 0 spiro atoms. The Balaban J connectivity index is 2.20. The topological polar surface area (TPSA) is 134 Å². The lowest BCUT2D eigenvalue weighted by atomic mass is 10.1. The van der Waals surface area contributed by atoms with E-state index in [0.29, 0.717) is 55.0 Å². The molecular formula is C50H90N6O4. The number of urea groups is 1. The van der Waals surface area contributed by atoms with Gasteiger partial charge >= 0.3 is 6.03 Å². The summed E-state index contributed by atoms with van der Waals surface area (Å²) < 4.78 is 19.7. The summed E-state index contributed by atoms with van der Waals surface area (Å²) in [6.45, 7) is 11.2. The molecule has 0 atom stereocenters. The lowest BCUT2D eigenvalue weighted by Crippen LogP contribution is -2.30. The van der Waals surface area contributed by atoms with Crippen LogP contribution >= 0.6 is 0 Å². The van der Waals surface area contributed by atoms with Gasteiger partial charge in [-0.15, -0.1) is 0 Å². The summed E-state index contributed by atoms with van der Waals surface area (Å²) in [5.41, 5.74) is 6.86. The number of nitrogens with one attached hydrogen (secondary N) is 2. The maximum atomic E-state index is 12.6. The van der Waals surface area contributed by atoms with Crippen molar-refractivity contribution in [3.63, 3.8) is 0 Å². The normalized spacial score (nSPS) is 11.2. The molecule has 2 rings (SSSR count). The number of carbonyl (C=O) groups is 1. The fraction of sp³-hybridized carbons (Fsp3) is 0.800. The van der Waals surface area contributed by atoms with Gasteiger partial charge in [0, 0.05) is 12.1 Å². The van der Waals surface area contributed by atoms with E-state index in [1.807, 2.05) is 12.1 Å². The van der Waals surface area contributed by atoms with Crippen LogP contribution in [0, 0.1) is 0 Å². The summed E-state index contributed by atoms with van der Waals surface area (Å²) in [5, 5.41) is 5.57. The van der Waals surface area contributed by atoms with E-state index in [9.17, 15) is 4.79 Å². The van der Waals surface area contributed by atoms with Crippen molar-refractivity contribution >= 4 is 17.9 Å². The molecule has 1 aromatic heterocycles. The number of anilines is 2. The summed E-state index contributed by atoms with van der Waals surface area (Å²) in [6, 6.07) is 3.48. The minimum absolute atomic E-state index is 0.0193. The van der Waals surface area contributed by atoms with Crippen LogP contribution in [-0.4, -0.2) is 47.3 Å². The Labute approximate surface area is 367 Å². The second-order valence-electron chi connectivity index (χ2n) is 17.0. The van der Waals surface area contributed by atoms with Crippen LogP contribution in [0.1, 0.15) is 233 Å². The molecule has 0 saturated carbocycles. The van der Waals surface area contributed by atoms with Gasteiger partial charge in [-0.3, -0.25) is 5.32 Å². The Kier molecular flexibility index (Phi) is 33.0. The van der Waals surface area contributed by atoms with Crippen molar-refractivity contribution in [2.45, 2.75) is 233 Å². The molecule has 0 bridgehead atoms. The molecular weight excluding hydrogens is 749 g/mol. The summed E-state index contributed by atoms with van der Waals surface area (Å²) in [4.78, 5) is 25.9. The first-order valence-electron chi connectivity index (χ1n) is 25.1. The molecule has 344 valence electrons. The van der Waals surface area contributed by atoms with Crippen molar-refractivity contribution in [3.8, 4) is 28.6 Å². The largest absolute Gasteiger partial charge is 0.490 e. The number of nitrogens with zero attached hydrogens (tertiary/aromatic N) is 3. The van der Waals surface area contributed by atoms with E-state index < -0.39 is 0 Å². The van der Waals surface area contributed by atoms with E-state index in [1.54, 1.807) is 0 Å². The zero-order chi connectivity index (χ0) is 43.1. The quantitative estimate of drug-likeness (QED) is 0.0564. The van der Waals surface area contributed by atoms with E-state index in [1.165, 1.54) is 154 Å². The van der Waals surface area contributed by atoms with Crippen LogP contribution in [0.25, 0.3) is 11.4 Å². The van der Waals surface area contributed by atoms with Crippen LogP contribution in [0.4, 0.5) is 16.7 Å². The minimum Gasteiger partial charge on any atom is -0.490 e. The predicted octanol–water partition coefficient (Wildman–Crippen LogP) is 14.9. The smallest absolute Gasteiger partial charge is 0.321 e. The van der Waals surface area contributed by atoms with Gasteiger partial charge in [0.15, 0.2) is 17.3 Å². The molecule has 60 heavy (non-hydrogen) atoms. The van der Waals surface area contributed by atoms with Crippen LogP contribution in [0.3, 0.4) is 0 Å². The zero-order valence-corrected chi connectivity index (χ0v) is 39.2. The van der Waals surface area contributed by atoms with Gasteiger partial charge in [0.1, 0.15) is 0 Å². The van der Waals surface area contributed by atoms with E-state index in [4.69, 9.17) is 19.9 Å². The van der Waals surface area contributed by atoms with E-state index in [0.717, 1.165) is 51.4 Å². The predicted molar refractivity (Wildman–Crippen MR) is 254 cm³/mol. The summed E-state index contributed by atoms with van der Waals surface area (Å²) in [5.74, 6) is 2.34. The highest BCUT2D eigenvalue weighted by molar-refractivity contribution is 5.87. The molecule has 0 unspecified atom stereocenters. The molecule has 0 aliphatic heterocycles. The highest BCUT2D eigenvalue weighted by atomic mass is 16.5. The van der Waals surface area contributed by atoms with Crippen LogP contribution in [0.5, 0.6) is 17.2 Å². The number of nitrogen functional groups attached to an aromatic ring is 1. The summed E-state index contributed by atoms with van der Waals surface area (Å²) >= 11 is 0. The summed E-state index contributed by atoms with van der Waals surface area (Å²) in [7, 11) is 0. The average molecular weight is 839 g/mol. The molecule has 0 aliphatic carbocycles. The first-order chi connectivity index (χ1) is 29.5. The second-order valence-corrected chi connectivity index (χ2v) is 17.0. The van der Waals surface area contributed by atoms with Crippen molar-refractivity contribution < 1.29 is 19.0 Å². The molecule has 10 nitrogen and oxygen atoms in total. The third kappa shape index (κ3) is 26.8. The highest BCUT2D eigenvalue weighted by Gasteiger charge is 2.20. The minimum atomic E-state index is -0.378. The molecule has 0 aliphatic rings. The molecule has 1 heterocycles. The third-order valence-corrected chi connectivity index (χ3v) is 11.2. The molecule has 2 amide bonds. The highest BCUT2D eigenvalue weighted by Crippen LogP contribution is 2.42. The number of hydrogen-bond acceptors (Lipinski definition) is 8. The molecule has 0 radical (unpaired) electrons. The Bertz CT molecular complexity index is 1280. The van der Waals surface area contributed by atoms with Crippen molar-refractivity contribution in [1.82, 2.24) is 20.3 Å². The Morgan fingerprint density at radius 2 is 0.850 bits per heavy atom. The van der Waals surface area contributed by atoms with Crippen LogP contribution in [0.2, 0.25) is 0 Å². The van der Waals surface area contributed by atoms with Gasteiger partial charge < -0.3 is 25.3 Å². The van der Waals surface area contributed by atoms with Gasteiger partial charge in [-0.1, -0.05) is 207 Å². The molecule has 2 aromatic rings. The molecule has 10 heteroatoms. The first-order valence-corrected chi connectivity index (χ1v) is 25.1. The average Bonchev–Trinajstić information content (AvgIpc) is 3.24. The number of hydrogen-bond donors (Lipinski definition) is 3. The van der Waals surface area contributed by atoms with Crippen molar-refractivity contribution in [2.24, 2.45) is 0 Å². The zero-order valence-electron chi connectivity index (χ0n) is 39.2. The number of benzene rings is 1. The number of ether oxygens (including phenoxy) is 3. The number of carbonyl (C=O) groups excluding carboxylic acids is 1. The van der Waals surface area contributed by atoms with E-state index in [2.05, 4.69) is 53.3 Å². The van der Waals surface area contributed by atoms with Gasteiger partial charge in [0.2, 0.25) is 17.6 Å².